The van der Waals surface area contributed by atoms with Crippen molar-refractivity contribution in [3.05, 3.63) is 54.6 Å². The maximum atomic E-state index is 5.34. The van der Waals surface area contributed by atoms with Crippen molar-refractivity contribution in [1.82, 2.24) is 19.2 Å². The fraction of sp³-hybridized carbons (Fsp3) is 0.176. The summed E-state index contributed by atoms with van der Waals surface area (Å²) in [5.41, 5.74) is 2.06. The van der Waals surface area contributed by atoms with Crippen LogP contribution in [0.3, 0.4) is 0 Å². The summed E-state index contributed by atoms with van der Waals surface area (Å²) in [5.74, 6) is 1.41. The molecule has 4 rings (SSSR count). The summed E-state index contributed by atoms with van der Waals surface area (Å²) in [7, 11) is 3.26. The lowest BCUT2D eigenvalue weighted by molar-refractivity contribution is 0.355. The second kappa shape index (κ2) is 6.48. The highest BCUT2D eigenvalue weighted by Gasteiger charge is 2.10. The highest BCUT2D eigenvalue weighted by molar-refractivity contribution is 7.19. The lowest BCUT2D eigenvalue weighted by Crippen LogP contribution is -2.06. The van der Waals surface area contributed by atoms with Crippen LogP contribution in [0.4, 0.5) is 5.69 Å². The van der Waals surface area contributed by atoms with Gasteiger partial charge < -0.3 is 14.8 Å². The van der Waals surface area contributed by atoms with Gasteiger partial charge in [-0.1, -0.05) is 11.3 Å². The van der Waals surface area contributed by atoms with E-state index in [0.29, 0.717) is 18.0 Å². The van der Waals surface area contributed by atoms with Crippen LogP contribution in [0.1, 0.15) is 5.69 Å². The van der Waals surface area contributed by atoms with Crippen LogP contribution in [0.15, 0.2) is 48.9 Å². The molecule has 0 saturated carbocycles. The number of nitrogens with one attached hydrogen (secondary N) is 1. The lowest BCUT2D eigenvalue weighted by Gasteiger charge is -2.12. The van der Waals surface area contributed by atoms with Crippen LogP contribution in [0, 0.1) is 0 Å². The zero-order chi connectivity index (χ0) is 17.2. The van der Waals surface area contributed by atoms with E-state index in [4.69, 9.17) is 9.47 Å². The standard InChI is InChI=1S/C17H17N5O2S/c1-23-14-6-5-12(10-15(14)24-2)19-11-13-4-3-8-21(13)17-20-22-9-7-18-16(22)25-17/h3-10,19H,11H2,1-2H3. The molecule has 0 radical (unpaired) electrons. The monoisotopic (exact) mass is 355 g/mol. The number of hydrogen-bond donors (Lipinski definition) is 1. The fourth-order valence-electron chi connectivity index (χ4n) is 2.61. The van der Waals surface area contributed by atoms with Crippen molar-refractivity contribution in [3.63, 3.8) is 0 Å². The van der Waals surface area contributed by atoms with E-state index < -0.39 is 0 Å². The molecule has 25 heavy (non-hydrogen) atoms. The van der Waals surface area contributed by atoms with Gasteiger partial charge in [-0.3, -0.25) is 4.57 Å². The van der Waals surface area contributed by atoms with E-state index in [1.165, 1.54) is 0 Å². The van der Waals surface area contributed by atoms with Gasteiger partial charge in [0.25, 0.3) is 0 Å². The Morgan fingerprint density at radius 1 is 1.12 bits per heavy atom. The Labute approximate surface area is 148 Å². The van der Waals surface area contributed by atoms with E-state index in [9.17, 15) is 0 Å². The molecular formula is C17H17N5O2S. The van der Waals surface area contributed by atoms with Gasteiger partial charge >= 0.3 is 0 Å². The first kappa shape index (κ1) is 15.5. The second-order valence-corrected chi connectivity index (χ2v) is 6.27. The highest BCUT2D eigenvalue weighted by Crippen LogP contribution is 2.30. The predicted molar refractivity (Wildman–Crippen MR) is 97.1 cm³/mol. The molecule has 0 amide bonds. The van der Waals surface area contributed by atoms with Gasteiger partial charge in [-0.15, -0.1) is 5.10 Å². The minimum atomic E-state index is 0.657. The Morgan fingerprint density at radius 2 is 2.00 bits per heavy atom. The molecule has 3 aromatic heterocycles. The number of imidazole rings is 1. The van der Waals surface area contributed by atoms with Crippen LogP contribution in [0.5, 0.6) is 11.5 Å². The van der Waals surface area contributed by atoms with Gasteiger partial charge in [0.15, 0.2) is 11.5 Å². The first-order valence-corrected chi connectivity index (χ1v) is 8.53. The van der Waals surface area contributed by atoms with E-state index in [0.717, 1.165) is 21.5 Å². The SMILES string of the molecule is COc1ccc(NCc2cccn2-c2nn3ccnc3s2)cc1OC. The zero-order valence-corrected chi connectivity index (χ0v) is 14.7. The van der Waals surface area contributed by atoms with Gasteiger partial charge in [0.05, 0.1) is 27.0 Å². The van der Waals surface area contributed by atoms with Crippen molar-refractivity contribution < 1.29 is 9.47 Å². The van der Waals surface area contributed by atoms with Gasteiger partial charge in [0.2, 0.25) is 10.1 Å². The number of benzene rings is 1. The molecule has 0 saturated heterocycles. The smallest absolute Gasteiger partial charge is 0.216 e. The summed E-state index contributed by atoms with van der Waals surface area (Å²) in [6.45, 7) is 0.657. The second-order valence-electron chi connectivity index (χ2n) is 5.33. The number of ether oxygens (including phenoxy) is 2. The molecule has 8 heteroatoms. The van der Waals surface area contributed by atoms with Gasteiger partial charge in [-0.2, -0.15) is 0 Å². The fourth-order valence-corrected chi connectivity index (χ4v) is 3.49. The molecule has 3 heterocycles. The van der Waals surface area contributed by atoms with Crippen LogP contribution in [-0.4, -0.2) is 33.4 Å². The third-order valence-corrected chi connectivity index (χ3v) is 4.80. The van der Waals surface area contributed by atoms with Gasteiger partial charge in [0, 0.05) is 29.8 Å². The molecule has 7 nitrogen and oxygen atoms in total. The molecular weight excluding hydrogens is 338 g/mol. The summed E-state index contributed by atoms with van der Waals surface area (Å²) in [4.78, 5) is 5.15. The third kappa shape index (κ3) is 2.91. The Balaban J connectivity index is 1.54. The third-order valence-electron chi connectivity index (χ3n) is 3.86. The van der Waals surface area contributed by atoms with E-state index in [-0.39, 0.29) is 0 Å². The van der Waals surface area contributed by atoms with E-state index in [2.05, 4.69) is 26.0 Å². The summed E-state index contributed by atoms with van der Waals surface area (Å²) in [5, 5.41) is 8.85. The molecule has 0 spiro atoms. The minimum absolute atomic E-state index is 0.657. The number of hydrogen-bond acceptors (Lipinski definition) is 6. The molecule has 0 atom stereocenters. The number of aromatic nitrogens is 4. The average molecular weight is 355 g/mol. The van der Waals surface area contributed by atoms with Crippen LogP contribution in [0.2, 0.25) is 0 Å². The van der Waals surface area contributed by atoms with E-state index in [1.54, 1.807) is 36.3 Å². The number of anilines is 1. The van der Waals surface area contributed by atoms with Crippen LogP contribution in [0.25, 0.3) is 10.1 Å². The Kier molecular flexibility index (Phi) is 4.02. The number of nitrogens with zero attached hydrogens (tertiary/aromatic N) is 4. The lowest BCUT2D eigenvalue weighted by atomic mass is 10.2. The van der Waals surface area contributed by atoms with Gasteiger partial charge in [-0.05, 0) is 24.3 Å². The summed E-state index contributed by atoms with van der Waals surface area (Å²) in [6, 6.07) is 9.85. The first-order valence-electron chi connectivity index (χ1n) is 7.71. The van der Waals surface area contributed by atoms with E-state index >= 15 is 0 Å². The molecule has 1 aromatic carbocycles. The maximum absolute atomic E-state index is 5.34. The zero-order valence-electron chi connectivity index (χ0n) is 13.8. The summed E-state index contributed by atoms with van der Waals surface area (Å²) < 4.78 is 14.5. The average Bonchev–Trinajstić information content (AvgIpc) is 3.34. The predicted octanol–water partition coefficient (Wildman–Crippen LogP) is 3.21. The molecule has 0 aliphatic rings. The van der Waals surface area contributed by atoms with Crippen molar-refractivity contribution in [3.8, 4) is 16.6 Å². The Bertz CT molecular complexity index is 975. The van der Waals surface area contributed by atoms with Gasteiger partial charge in [0.1, 0.15) is 0 Å². The number of rotatable bonds is 6. The molecule has 0 fully saturated rings. The topological polar surface area (TPSA) is 65.6 Å². The molecule has 1 N–H and O–H groups in total. The highest BCUT2D eigenvalue weighted by atomic mass is 32.1. The first-order chi connectivity index (χ1) is 12.3. The Morgan fingerprint density at radius 3 is 2.80 bits per heavy atom. The normalized spacial score (nSPS) is 11.0. The molecule has 0 bridgehead atoms. The molecule has 4 aromatic rings. The van der Waals surface area contributed by atoms with Crippen molar-refractivity contribution in [2.45, 2.75) is 6.54 Å². The number of methoxy groups -OCH3 is 2. The molecule has 0 unspecified atom stereocenters. The summed E-state index contributed by atoms with van der Waals surface area (Å²) >= 11 is 1.55. The van der Waals surface area contributed by atoms with E-state index in [1.807, 2.05) is 36.7 Å². The summed E-state index contributed by atoms with van der Waals surface area (Å²) in [6.07, 6.45) is 5.60. The Hall–Kier alpha value is -3.00. The van der Waals surface area contributed by atoms with Crippen LogP contribution >= 0.6 is 11.3 Å². The largest absolute Gasteiger partial charge is 0.493 e. The van der Waals surface area contributed by atoms with Crippen LogP contribution < -0.4 is 14.8 Å². The van der Waals surface area contributed by atoms with Crippen molar-refractivity contribution >= 4 is 22.0 Å². The maximum Gasteiger partial charge on any atom is 0.216 e. The number of fused-ring (bicyclic) bond motifs is 1. The molecule has 128 valence electrons. The molecule has 0 aliphatic carbocycles. The molecule has 0 aliphatic heterocycles. The van der Waals surface area contributed by atoms with Crippen molar-refractivity contribution in [2.24, 2.45) is 0 Å². The van der Waals surface area contributed by atoms with Crippen LogP contribution in [-0.2, 0) is 6.54 Å². The minimum Gasteiger partial charge on any atom is -0.493 e. The van der Waals surface area contributed by atoms with Gasteiger partial charge in [-0.25, -0.2) is 9.50 Å². The van der Waals surface area contributed by atoms with Crippen molar-refractivity contribution in [2.75, 3.05) is 19.5 Å². The quantitative estimate of drug-likeness (QED) is 0.575. The van der Waals surface area contributed by atoms with Crippen molar-refractivity contribution in [1.29, 1.82) is 0 Å².